The number of nitrogens with zero attached hydrogens (tertiary/aromatic N) is 4. The molecule has 138 valence electrons. The molecule has 27 heavy (non-hydrogen) atoms. The van der Waals surface area contributed by atoms with Gasteiger partial charge in [-0.2, -0.15) is 5.26 Å². The van der Waals surface area contributed by atoms with E-state index in [1.165, 1.54) is 5.56 Å². The Bertz CT molecular complexity index is 850. The Kier molecular flexibility index (Phi) is 5.19. The van der Waals surface area contributed by atoms with Gasteiger partial charge in [0.1, 0.15) is 0 Å². The second kappa shape index (κ2) is 7.91. The first kappa shape index (κ1) is 17.7. The number of carbonyl (C=O) groups is 1. The zero-order valence-corrected chi connectivity index (χ0v) is 15.5. The molecule has 5 nitrogen and oxygen atoms in total. The smallest absolute Gasteiger partial charge is 0.231 e. The maximum absolute atomic E-state index is 12.4. The Labute approximate surface area is 160 Å². The summed E-state index contributed by atoms with van der Waals surface area (Å²) in [4.78, 5) is 19.2. The van der Waals surface area contributed by atoms with Crippen LogP contribution in [0.25, 0.3) is 0 Å². The van der Waals surface area contributed by atoms with E-state index >= 15 is 0 Å². The van der Waals surface area contributed by atoms with Crippen LogP contribution in [-0.2, 0) is 17.8 Å². The van der Waals surface area contributed by atoms with E-state index in [0.29, 0.717) is 12.0 Å². The average molecular weight is 360 g/mol. The first-order chi connectivity index (χ1) is 13.2. The van der Waals surface area contributed by atoms with Crippen LogP contribution in [0.5, 0.6) is 0 Å². The average Bonchev–Trinajstić information content (AvgIpc) is 3.02. The number of nitriles is 1. The Morgan fingerprint density at radius 2 is 1.67 bits per heavy atom. The van der Waals surface area contributed by atoms with Crippen LogP contribution in [-0.4, -0.2) is 55.0 Å². The topological polar surface area (TPSA) is 50.6 Å². The van der Waals surface area contributed by atoms with Gasteiger partial charge in [0.25, 0.3) is 0 Å². The van der Waals surface area contributed by atoms with Gasteiger partial charge in [0, 0.05) is 51.5 Å². The van der Waals surface area contributed by atoms with Crippen LogP contribution in [0.4, 0.5) is 5.69 Å². The molecule has 2 aromatic carbocycles. The molecule has 0 spiro atoms. The summed E-state index contributed by atoms with van der Waals surface area (Å²) in [6, 6.07) is 18.3. The molecule has 1 saturated heterocycles. The van der Waals surface area contributed by atoms with Gasteiger partial charge in [-0.05, 0) is 29.3 Å². The summed E-state index contributed by atoms with van der Waals surface area (Å²) in [5, 5.41) is 9.03. The number of amides is 1. The lowest BCUT2D eigenvalue weighted by atomic mass is 10.1. The van der Waals surface area contributed by atoms with E-state index in [0.717, 1.165) is 57.1 Å². The van der Waals surface area contributed by atoms with Crippen molar-refractivity contribution in [2.24, 2.45) is 0 Å². The first-order valence-corrected chi connectivity index (χ1v) is 9.55. The highest BCUT2D eigenvalue weighted by molar-refractivity contribution is 6.01. The van der Waals surface area contributed by atoms with Gasteiger partial charge >= 0.3 is 0 Å². The van der Waals surface area contributed by atoms with E-state index in [-0.39, 0.29) is 5.91 Å². The van der Waals surface area contributed by atoms with Gasteiger partial charge in [0.2, 0.25) is 5.91 Å². The summed E-state index contributed by atoms with van der Waals surface area (Å²) in [5.74, 6) is 0.141. The van der Waals surface area contributed by atoms with Gasteiger partial charge in [-0.25, -0.2) is 0 Å². The third kappa shape index (κ3) is 4.02. The maximum Gasteiger partial charge on any atom is 0.231 e. The minimum absolute atomic E-state index is 0.141. The minimum atomic E-state index is 0.141. The summed E-state index contributed by atoms with van der Waals surface area (Å²) >= 11 is 0. The summed E-state index contributed by atoms with van der Waals surface area (Å²) in [5.41, 5.74) is 3.94. The van der Waals surface area contributed by atoms with Crippen molar-refractivity contribution in [3.63, 3.8) is 0 Å². The van der Waals surface area contributed by atoms with E-state index in [1.54, 1.807) is 6.07 Å². The van der Waals surface area contributed by atoms with Crippen LogP contribution in [0, 0.1) is 11.3 Å². The van der Waals surface area contributed by atoms with Crippen molar-refractivity contribution in [1.29, 1.82) is 5.26 Å². The molecule has 0 radical (unpaired) electrons. The van der Waals surface area contributed by atoms with Crippen LogP contribution in [0.3, 0.4) is 0 Å². The normalized spacial score (nSPS) is 17.7. The molecule has 2 aliphatic rings. The molecule has 2 heterocycles. The van der Waals surface area contributed by atoms with Gasteiger partial charge in [0.05, 0.1) is 18.1 Å². The van der Waals surface area contributed by atoms with E-state index in [4.69, 9.17) is 5.26 Å². The number of anilines is 1. The number of benzene rings is 2. The molecular formula is C22H24N4O. The van der Waals surface area contributed by atoms with Crippen molar-refractivity contribution in [2.45, 2.75) is 13.0 Å². The van der Waals surface area contributed by atoms with Crippen LogP contribution >= 0.6 is 0 Å². The zero-order valence-electron chi connectivity index (χ0n) is 15.5. The standard InChI is InChI=1S/C22H24N4O/c23-16-19-6-7-21-20(14-19)15-22(27)26(21)13-12-24-8-10-25(11-9-24)17-18-4-2-1-3-5-18/h1-7,14H,8-13,15,17H2. The highest BCUT2D eigenvalue weighted by atomic mass is 16.2. The molecule has 2 aliphatic heterocycles. The monoisotopic (exact) mass is 360 g/mol. The van der Waals surface area contributed by atoms with E-state index in [2.05, 4.69) is 46.2 Å². The summed E-state index contributed by atoms with van der Waals surface area (Å²) in [6.45, 7) is 6.81. The Balaban J connectivity index is 1.28. The third-order valence-corrected chi connectivity index (χ3v) is 5.50. The van der Waals surface area contributed by atoms with Crippen molar-refractivity contribution in [3.05, 3.63) is 65.2 Å². The molecule has 0 aromatic heterocycles. The van der Waals surface area contributed by atoms with Crippen LogP contribution in [0.1, 0.15) is 16.7 Å². The Morgan fingerprint density at radius 1 is 0.926 bits per heavy atom. The van der Waals surface area contributed by atoms with Gasteiger partial charge < -0.3 is 4.90 Å². The lowest BCUT2D eigenvalue weighted by Gasteiger charge is -2.35. The molecule has 4 rings (SSSR count). The highest BCUT2D eigenvalue weighted by Gasteiger charge is 2.28. The second-order valence-electron chi connectivity index (χ2n) is 7.28. The van der Waals surface area contributed by atoms with Crippen molar-refractivity contribution >= 4 is 11.6 Å². The number of fused-ring (bicyclic) bond motifs is 1. The lowest BCUT2D eigenvalue weighted by Crippen LogP contribution is -2.48. The summed E-state index contributed by atoms with van der Waals surface area (Å²) in [7, 11) is 0. The molecule has 5 heteroatoms. The SMILES string of the molecule is N#Cc1ccc2c(c1)CC(=O)N2CCN1CCN(Cc2ccccc2)CC1. The molecule has 2 aromatic rings. The van der Waals surface area contributed by atoms with Crippen molar-refractivity contribution < 1.29 is 4.79 Å². The Morgan fingerprint density at radius 3 is 2.41 bits per heavy atom. The predicted molar refractivity (Wildman–Crippen MR) is 105 cm³/mol. The fraction of sp³-hybridized carbons (Fsp3) is 0.364. The molecular weight excluding hydrogens is 336 g/mol. The van der Waals surface area contributed by atoms with Crippen molar-refractivity contribution in [1.82, 2.24) is 9.80 Å². The highest BCUT2D eigenvalue weighted by Crippen LogP contribution is 2.29. The zero-order chi connectivity index (χ0) is 18.6. The first-order valence-electron chi connectivity index (χ1n) is 9.55. The van der Waals surface area contributed by atoms with Crippen LogP contribution in [0.2, 0.25) is 0 Å². The number of hydrogen-bond acceptors (Lipinski definition) is 4. The molecule has 1 amide bonds. The Hall–Kier alpha value is -2.68. The molecule has 0 aliphatic carbocycles. The van der Waals surface area contributed by atoms with Crippen LogP contribution in [0.15, 0.2) is 48.5 Å². The van der Waals surface area contributed by atoms with Crippen molar-refractivity contribution in [2.75, 3.05) is 44.2 Å². The summed E-state index contributed by atoms with van der Waals surface area (Å²) < 4.78 is 0. The molecule has 1 fully saturated rings. The van der Waals surface area contributed by atoms with Crippen LogP contribution < -0.4 is 4.90 Å². The lowest BCUT2D eigenvalue weighted by molar-refractivity contribution is -0.117. The van der Waals surface area contributed by atoms with Gasteiger partial charge in [-0.3, -0.25) is 14.6 Å². The molecule has 0 unspecified atom stereocenters. The van der Waals surface area contributed by atoms with Gasteiger partial charge in [-0.1, -0.05) is 30.3 Å². The number of rotatable bonds is 5. The van der Waals surface area contributed by atoms with E-state index in [9.17, 15) is 4.79 Å². The number of piperazine rings is 1. The summed E-state index contributed by atoms with van der Waals surface area (Å²) in [6.07, 6.45) is 0.412. The fourth-order valence-electron chi connectivity index (χ4n) is 3.95. The van der Waals surface area contributed by atoms with E-state index in [1.807, 2.05) is 17.0 Å². The number of carbonyl (C=O) groups excluding carboxylic acids is 1. The number of hydrogen-bond donors (Lipinski definition) is 0. The van der Waals surface area contributed by atoms with E-state index < -0.39 is 0 Å². The molecule has 0 saturated carbocycles. The second-order valence-corrected chi connectivity index (χ2v) is 7.28. The quantitative estimate of drug-likeness (QED) is 0.821. The van der Waals surface area contributed by atoms with Gasteiger partial charge in [0.15, 0.2) is 0 Å². The fourth-order valence-corrected chi connectivity index (χ4v) is 3.95. The molecule has 0 N–H and O–H groups in total. The third-order valence-electron chi connectivity index (χ3n) is 5.50. The molecule has 0 atom stereocenters. The maximum atomic E-state index is 12.4. The molecule has 0 bridgehead atoms. The predicted octanol–water partition coefficient (Wildman–Crippen LogP) is 2.27. The largest absolute Gasteiger partial charge is 0.311 e. The van der Waals surface area contributed by atoms with Gasteiger partial charge in [-0.15, -0.1) is 0 Å². The minimum Gasteiger partial charge on any atom is -0.311 e. The van der Waals surface area contributed by atoms with Crippen molar-refractivity contribution in [3.8, 4) is 6.07 Å².